The minimum atomic E-state index is -0.213. The molecule has 8 heteroatoms. The van der Waals surface area contributed by atoms with Crippen LogP contribution in [-0.4, -0.2) is 111 Å². The van der Waals surface area contributed by atoms with Crippen LogP contribution in [0, 0.1) is 27.6 Å². The molecule has 42 heavy (non-hydrogen) atoms. The zero-order valence-electron chi connectivity index (χ0n) is 29.9. The minimum absolute atomic E-state index is 0.00475. The normalized spacial score (nSPS) is 16.2. The summed E-state index contributed by atoms with van der Waals surface area (Å²) in [5.74, 6) is -0.0312. The van der Waals surface area contributed by atoms with Gasteiger partial charge in [-0.3, -0.25) is 9.59 Å². The molecular weight excluding hydrogens is 532 g/mol. The third-order valence-corrected chi connectivity index (χ3v) is 9.90. The molecule has 0 aromatic carbocycles. The molecule has 0 radical (unpaired) electrons. The summed E-state index contributed by atoms with van der Waals surface area (Å²) < 4.78 is 12.7. The van der Waals surface area contributed by atoms with Crippen molar-refractivity contribution >= 4 is 11.9 Å². The summed E-state index contributed by atoms with van der Waals surface area (Å²) in [7, 11) is 4.14. The Hall–Kier alpha value is -1.22. The molecule has 0 aromatic heterocycles. The molecule has 0 heterocycles. The van der Waals surface area contributed by atoms with Crippen LogP contribution in [0.5, 0.6) is 0 Å². The number of likely N-dealkylation sites (N-methyl/N-ethyl adjacent to an activating group) is 1. The van der Waals surface area contributed by atoms with Crippen LogP contribution in [0.3, 0.4) is 0 Å². The summed E-state index contributed by atoms with van der Waals surface area (Å²) in [6.45, 7) is 28.7. The van der Waals surface area contributed by atoms with Crippen molar-refractivity contribution in [1.29, 1.82) is 0 Å². The van der Waals surface area contributed by atoms with Crippen molar-refractivity contribution in [3.63, 3.8) is 0 Å². The maximum atomic E-state index is 13.0. The topological polar surface area (TPSA) is 93.1 Å². The van der Waals surface area contributed by atoms with Gasteiger partial charge in [-0.15, -0.1) is 0 Å². The lowest BCUT2D eigenvalue weighted by Crippen LogP contribution is -2.52. The molecule has 2 unspecified atom stereocenters. The summed E-state index contributed by atoms with van der Waals surface area (Å²) in [6.07, 6.45) is 2.37. The predicted molar refractivity (Wildman–Crippen MR) is 172 cm³/mol. The van der Waals surface area contributed by atoms with Crippen molar-refractivity contribution in [2.45, 2.75) is 102 Å². The first-order valence-corrected chi connectivity index (χ1v) is 16.1. The number of carbonyl (C=O) groups excluding carboxylic acids is 2. The Bertz CT molecular complexity index is 808. The van der Waals surface area contributed by atoms with E-state index in [2.05, 4.69) is 83.2 Å². The molecule has 0 rings (SSSR count). The van der Waals surface area contributed by atoms with Gasteiger partial charge in [0.1, 0.15) is 13.1 Å². The SMILES string of the molecule is CC(C)C(C)(COC(=O)CC[N+](C)(CCC[N+](C)(CCO)CCO)CCC(=O)OCC(C)(C)C(C)(C)C)CC(C)(C)C. The van der Waals surface area contributed by atoms with E-state index < -0.39 is 0 Å². The standard InChI is InChI=1S/C34H70N2O6/c1-28(2)34(11,25-31(3,4)5)27-42-30(40)16-20-35(12,17-14-18-36(13,21-23-37)22-24-38)19-15-29(39)41-26-33(9,10)32(6,7)8/h28,37-38H,14-27H2,1-13H3/q+2. The highest BCUT2D eigenvalue weighted by molar-refractivity contribution is 5.70. The van der Waals surface area contributed by atoms with Crippen LogP contribution in [0.25, 0.3) is 0 Å². The predicted octanol–water partition coefficient (Wildman–Crippen LogP) is 5.29. The van der Waals surface area contributed by atoms with E-state index in [9.17, 15) is 19.8 Å². The highest BCUT2D eigenvalue weighted by atomic mass is 16.5. The lowest BCUT2D eigenvalue weighted by atomic mass is 9.69. The van der Waals surface area contributed by atoms with E-state index in [0.717, 1.165) is 25.9 Å². The Morgan fingerprint density at radius 3 is 1.43 bits per heavy atom. The van der Waals surface area contributed by atoms with Crippen molar-refractivity contribution in [2.75, 3.05) is 79.8 Å². The fourth-order valence-corrected chi connectivity index (χ4v) is 5.21. The van der Waals surface area contributed by atoms with Gasteiger partial charge in [0.25, 0.3) is 0 Å². The molecule has 0 aliphatic heterocycles. The number of aliphatic hydroxyl groups is 2. The van der Waals surface area contributed by atoms with Gasteiger partial charge in [0.2, 0.25) is 0 Å². The number of ether oxygens (including phenoxy) is 2. The minimum Gasteiger partial charge on any atom is -0.465 e. The maximum absolute atomic E-state index is 13.0. The maximum Gasteiger partial charge on any atom is 0.311 e. The number of hydrogen-bond donors (Lipinski definition) is 2. The van der Waals surface area contributed by atoms with Gasteiger partial charge in [-0.25, -0.2) is 0 Å². The molecule has 0 aromatic rings. The molecule has 250 valence electrons. The van der Waals surface area contributed by atoms with Crippen molar-refractivity contribution in [2.24, 2.45) is 27.6 Å². The number of nitrogens with zero attached hydrogens (tertiary/aromatic N) is 2. The van der Waals surface area contributed by atoms with Gasteiger partial charge in [0.15, 0.2) is 0 Å². The Morgan fingerprint density at radius 1 is 0.667 bits per heavy atom. The van der Waals surface area contributed by atoms with E-state index in [1.807, 2.05) is 7.05 Å². The first-order valence-electron chi connectivity index (χ1n) is 16.1. The van der Waals surface area contributed by atoms with E-state index in [1.54, 1.807) is 0 Å². The lowest BCUT2D eigenvalue weighted by Gasteiger charge is -2.39. The summed E-state index contributed by atoms with van der Waals surface area (Å²) in [4.78, 5) is 25.8. The van der Waals surface area contributed by atoms with E-state index in [0.29, 0.717) is 54.3 Å². The quantitative estimate of drug-likeness (QED) is 0.145. The molecule has 2 atom stereocenters. The van der Waals surface area contributed by atoms with Crippen molar-refractivity contribution in [3.05, 3.63) is 0 Å². The van der Waals surface area contributed by atoms with Crippen LogP contribution in [-0.2, 0) is 19.1 Å². The Morgan fingerprint density at radius 2 is 1.07 bits per heavy atom. The van der Waals surface area contributed by atoms with Crippen molar-refractivity contribution in [1.82, 2.24) is 0 Å². The number of quaternary nitrogens is 2. The molecule has 0 aliphatic rings. The average molecular weight is 603 g/mol. The fraction of sp³-hybridized carbons (Fsp3) is 0.941. The number of carbonyl (C=O) groups is 2. The zero-order valence-corrected chi connectivity index (χ0v) is 29.9. The molecule has 8 nitrogen and oxygen atoms in total. The second-order valence-corrected chi connectivity index (χ2v) is 16.9. The van der Waals surface area contributed by atoms with Crippen LogP contribution < -0.4 is 0 Å². The summed E-state index contributed by atoms with van der Waals surface area (Å²) in [5, 5.41) is 19.1. The Kier molecular flexibility index (Phi) is 16.3. The first kappa shape index (κ1) is 40.8. The van der Waals surface area contributed by atoms with Gasteiger partial charge in [-0.05, 0) is 23.2 Å². The molecule has 2 N–H and O–H groups in total. The molecule has 0 spiro atoms. The van der Waals surface area contributed by atoms with Crippen LogP contribution in [0.4, 0.5) is 0 Å². The second-order valence-electron chi connectivity index (χ2n) is 16.9. The van der Waals surface area contributed by atoms with Gasteiger partial charge in [-0.1, -0.05) is 76.2 Å². The summed E-state index contributed by atoms with van der Waals surface area (Å²) in [6, 6.07) is 0. The average Bonchev–Trinajstić information content (AvgIpc) is 2.82. The van der Waals surface area contributed by atoms with E-state index in [4.69, 9.17) is 9.47 Å². The van der Waals surface area contributed by atoms with Gasteiger partial charge >= 0.3 is 11.9 Å². The van der Waals surface area contributed by atoms with E-state index in [1.165, 1.54) is 0 Å². The van der Waals surface area contributed by atoms with E-state index in [-0.39, 0.29) is 59.7 Å². The summed E-state index contributed by atoms with van der Waals surface area (Å²) >= 11 is 0. The van der Waals surface area contributed by atoms with Crippen molar-refractivity contribution < 1.29 is 38.2 Å². The summed E-state index contributed by atoms with van der Waals surface area (Å²) in [5.41, 5.74) is -0.107. The Labute approximate surface area is 259 Å². The monoisotopic (exact) mass is 603 g/mol. The molecule has 0 fully saturated rings. The first-order chi connectivity index (χ1) is 18.9. The molecule has 0 aliphatic carbocycles. The molecule has 0 saturated carbocycles. The van der Waals surface area contributed by atoms with Crippen molar-refractivity contribution in [3.8, 4) is 0 Å². The zero-order chi connectivity index (χ0) is 33.0. The van der Waals surface area contributed by atoms with Gasteiger partial charge in [0, 0.05) is 17.3 Å². The fourth-order valence-electron chi connectivity index (χ4n) is 5.21. The lowest BCUT2D eigenvalue weighted by molar-refractivity contribution is -0.927. The highest BCUT2D eigenvalue weighted by Crippen LogP contribution is 2.40. The van der Waals surface area contributed by atoms with E-state index >= 15 is 0 Å². The van der Waals surface area contributed by atoms with Gasteiger partial charge in [-0.2, -0.15) is 0 Å². The molecule has 0 bridgehead atoms. The number of aliphatic hydroxyl groups excluding tert-OH is 2. The van der Waals surface area contributed by atoms with Crippen LogP contribution in [0.1, 0.15) is 102 Å². The van der Waals surface area contributed by atoms with Crippen LogP contribution in [0.2, 0.25) is 0 Å². The molecule has 0 amide bonds. The van der Waals surface area contributed by atoms with Gasteiger partial charge in [0.05, 0.1) is 79.5 Å². The number of hydrogen-bond acceptors (Lipinski definition) is 6. The second kappa shape index (κ2) is 16.7. The third-order valence-electron chi connectivity index (χ3n) is 9.90. The molecular formula is C34H70N2O6+2. The number of rotatable bonds is 20. The van der Waals surface area contributed by atoms with Crippen LogP contribution >= 0.6 is 0 Å². The third kappa shape index (κ3) is 15.5. The number of esters is 2. The van der Waals surface area contributed by atoms with Gasteiger partial charge < -0.3 is 28.7 Å². The molecule has 0 saturated heterocycles. The highest BCUT2D eigenvalue weighted by Gasteiger charge is 2.36. The van der Waals surface area contributed by atoms with Crippen LogP contribution in [0.15, 0.2) is 0 Å². The largest absolute Gasteiger partial charge is 0.465 e. The Balaban J connectivity index is 5.43. The smallest absolute Gasteiger partial charge is 0.311 e.